The highest BCUT2D eigenvalue weighted by atomic mass is 19.1. The van der Waals surface area contributed by atoms with Gasteiger partial charge in [0.1, 0.15) is 5.82 Å². The largest absolute Gasteiger partial charge is 0.367 e. The molecular weight excluding hydrogens is 227 g/mol. The Kier molecular flexibility index (Phi) is 3.23. The van der Waals surface area contributed by atoms with Crippen LogP contribution in [0.3, 0.4) is 0 Å². The van der Waals surface area contributed by atoms with E-state index in [1.807, 2.05) is 6.07 Å². The van der Waals surface area contributed by atoms with E-state index in [1.54, 1.807) is 6.07 Å². The molecule has 1 spiro atoms. The molecule has 3 rings (SSSR count). The van der Waals surface area contributed by atoms with Gasteiger partial charge in [-0.05, 0) is 56.1 Å². The number of hydrogen-bond acceptors (Lipinski definition) is 2. The predicted octanol–water partition coefficient (Wildman–Crippen LogP) is 4.14. The molecule has 2 fully saturated rings. The van der Waals surface area contributed by atoms with Crippen LogP contribution in [0, 0.1) is 11.4 Å². The topological polar surface area (TPSA) is 24.9 Å². The third-order valence-electron chi connectivity index (χ3n) is 4.78. The maximum absolute atomic E-state index is 13.0. The van der Waals surface area contributed by atoms with Crippen molar-refractivity contribution in [3.63, 3.8) is 0 Å². The molecule has 1 aromatic heterocycles. The van der Waals surface area contributed by atoms with Crippen molar-refractivity contribution in [3.05, 3.63) is 24.1 Å². The Morgan fingerprint density at radius 1 is 1.11 bits per heavy atom. The molecule has 0 radical (unpaired) electrons. The Morgan fingerprint density at radius 2 is 1.83 bits per heavy atom. The maximum atomic E-state index is 13.0. The van der Waals surface area contributed by atoms with Gasteiger partial charge in [0.05, 0.1) is 0 Å². The number of anilines is 1. The van der Waals surface area contributed by atoms with Gasteiger partial charge in [-0.15, -0.1) is 0 Å². The van der Waals surface area contributed by atoms with Crippen molar-refractivity contribution >= 4 is 5.82 Å². The van der Waals surface area contributed by atoms with Gasteiger partial charge in [0.15, 0.2) is 0 Å². The first kappa shape index (κ1) is 11.9. The lowest BCUT2D eigenvalue weighted by molar-refractivity contribution is 0.188. The fourth-order valence-electron chi connectivity index (χ4n) is 3.70. The van der Waals surface area contributed by atoms with E-state index in [2.05, 4.69) is 10.3 Å². The Balaban J connectivity index is 1.57. The van der Waals surface area contributed by atoms with Crippen LogP contribution in [0.15, 0.2) is 18.2 Å². The van der Waals surface area contributed by atoms with Crippen molar-refractivity contribution in [2.24, 2.45) is 5.41 Å². The van der Waals surface area contributed by atoms with E-state index in [1.165, 1.54) is 57.4 Å². The second-order valence-electron chi connectivity index (χ2n) is 5.97. The second-order valence-corrected chi connectivity index (χ2v) is 5.97. The van der Waals surface area contributed by atoms with Crippen molar-refractivity contribution in [2.45, 2.75) is 57.4 Å². The molecule has 0 bridgehead atoms. The molecule has 2 aliphatic carbocycles. The lowest BCUT2D eigenvalue weighted by Crippen LogP contribution is -2.32. The monoisotopic (exact) mass is 248 g/mol. The van der Waals surface area contributed by atoms with Crippen LogP contribution in [0.1, 0.15) is 51.4 Å². The van der Waals surface area contributed by atoms with Crippen molar-refractivity contribution in [1.29, 1.82) is 0 Å². The Labute approximate surface area is 108 Å². The minimum atomic E-state index is -0.400. The number of hydrogen-bond donors (Lipinski definition) is 1. The lowest BCUT2D eigenvalue weighted by Gasteiger charge is -2.37. The van der Waals surface area contributed by atoms with Gasteiger partial charge in [-0.1, -0.05) is 18.9 Å². The first-order valence-corrected chi connectivity index (χ1v) is 7.15. The van der Waals surface area contributed by atoms with E-state index in [0.717, 1.165) is 0 Å². The van der Waals surface area contributed by atoms with Crippen LogP contribution in [0.4, 0.5) is 10.2 Å². The number of nitrogens with zero attached hydrogens (tertiary/aromatic N) is 1. The van der Waals surface area contributed by atoms with Gasteiger partial charge in [-0.25, -0.2) is 4.98 Å². The highest BCUT2D eigenvalue weighted by molar-refractivity contribution is 5.35. The van der Waals surface area contributed by atoms with E-state index in [4.69, 9.17) is 0 Å². The van der Waals surface area contributed by atoms with Gasteiger partial charge in [-0.3, -0.25) is 0 Å². The van der Waals surface area contributed by atoms with E-state index in [-0.39, 0.29) is 0 Å². The maximum Gasteiger partial charge on any atom is 0.214 e. The first-order valence-electron chi connectivity index (χ1n) is 7.15. The van der Waals surface area contributed by atoms with E-state index in [0.29, 0.717) is 17.3 Å². The molecule has 1 aromatic rings. The molecule has 0 atom stereocenters. The highest BCUT2D eigenvalue weighted by Gasteiger charge is 2.37. The summed E-state index contributed by atoms with van der Waals surface area (Å²) in [5.41, 5.74) is 0.660. The van der Waals surface area contributed by atoms with E-state index >= 15 is 0 Å². The molecule has 2 saturated carbocycles. The van der Waals surface area contributed by atoms with Crippen molar-refractivity contribution in [1.82, 2.24) is 4.98 Å². The molecule has 0 amide bonds. The summed E-state index contributed by atoms with van der Waals surface area (Å²) in [6, 6.07) is 5.43. The van der Waals surface area contributed by atoms with Crippen LogP contribution in [0.5, 0.6) is 0 Å². The quantitative estimate of drug-likeness (QED) is 0.796. The normalized spacial score (nSPS) is 23.4. The standard InChI is InChI=1S/C15H21FN2/c16-13-4-3-5-14(18-13)17-12-6-10-15(11-7-12)8-1-2-9-15/h3-5,12H,1-2,6-11H2,(H,17,18). The minimum Gasteiger partial charge on any atom is -0.367 e. The molecule has 3 heteroatoms. The zero-order valence-electron chi connectivity index (χ0n) is 10.8. The van der Waals surface area contributed by atoms with Crippen LogP contribution in [0.25, 0.3) is 0 Å². The number of pyridine rings is 1. The summed E-state index contributed by atoms with van der Waals surface area (Å²) in [6.45, 7) is 0. The van der Waals surface area contributed by atoms with Crippen molar-refractivity contribution < 1.29 is 4.39 Å². The first-order chi connectivity index (χ1) is 8.76. The number of halogens is 1. The van der Waals surface area contributed by atoms with Gasteiger partial charge in [0, 0.05) is 6.04 Å². The van der Waals surface area contributed by atoms with Gasteiger partial charge in [0.2, 0.25) is 5.95 Å². The highest BCUT2D eigenvalue weighted by Crippen LogP contribution is 2.49. The third-order valence-corrected chi connectivity index (χ3v) is 4.78. The summed E-state index contributed by atoms with van der Waals surface area (Å²) >= 11 is 0. The van der Waals surface area contributed by atoms with Gasteiger partial charge < -0.3 is 5.32 Å². The Hall–Kier alpha value is -1.12. The van der Waals surface area contributed by atoms with Gasteiger partial charge >= 0.3 is 0 Å². The van der Waals surface area contributed by atoms with Crippen LogP contribution in [-0.2, 0) is 0 Å². The fraction of sp³-hybridized carbons (Fsp3) is 0.667. The SMILES string of the molecule is Fc1cccc(NC2CCC3(CCCC3)CC2)n1. The summed E-state index contributed by atoms with van der Waals surface area (Å²) < 4.78 is 13.0. The zero-order chi connectivity index (χ0) is 12.4. The number of rotatable bonds is 2. The van der Waals surface area contributed by atoms with Crippen molar-refractivity contribution in [3.8, 4) is 0 Å². The Bertz CT molecular complexity index is 403. The molecule has 2 nitrogen and oxygen atoms in total. The smallest absolute Gasteiger partial charge is 0.214 e. The molecule has 98 valence electrons. The summed E-state index contributed by atoms with van der Waals surface area (Å²) in [6.07, 6.45) is 10.8. The summed E-state index contributed by atoms with van der Waals surface area (Å²) in [4.78, 5) is 3.88. The molecule has 0 aliphatic heterocycles. The van der Waals surface area contributed by atoms with Crippen LogP contribution >= 0.6 is 0 Å². The number of aromatic nitrogens is 1. The Morgan fingerprint density at radius 3 is 2.50 bits per heavy atom. The van der Waals surface area contributed by atoms with Crippen LogP contribution in [0.2, 0.25) is 0 Å². The summed E-state index contributed by atoms with van der Waals surface area (Å²) in [5, 5.41) is 3.38. The molecule has 18 heavy (non-hydrogen) atoms. The minimum absolute atomic E-state index is 0.400. The molecule has 1 N–H and O–H groups in total. The van der Waals surface area contributed by atoms with Gasteiger partial charge in [-0.2, -0.15) is 4.39 Å². The van der Waals surface area contributed by atoms with Crippen LogP contribution in [-0.4, -0.2) is 11.0 Å². The number of nitrogens with one attached hydrogen (secondary N) is 1. The fourth-order valence-corrected chi connectivity index (χ4v) is 3.70. The summed E-state index contributed by atoms with van der Waals surface area (Å²) in [7, 11) is 0. The van der Waals surface area contributed by atoms with Gasteiger partial charge in [0.25, 0.3) is 0 Å². The molecular formula is C15H21FN2. The molecule has 1 heterocycles. The third kappa shape index (κ3) is 2.50. The molecule has 0 unspecified atom stereocenters. The van der Waals surface area contributed by atoms with E-state index in [9.17, 15) is 4.39 Å². The lowest BCUT2D eigenvalue weighted by atomic mass is 9.71. The summed E-state index contributed by atoms with van der Waals surface area (Å²) in [5.74, 6) is 0.283. The zero-order valence-corrected chi connectivity index (χ0v) is 10.8. The average Bonchev–Trinajstić information content (AvgIpc) is 2.81. The predicted molar refractivity (Wildman–Crippen MR) is 71.0 cm³/mol. The average molecular weight is 248 g/mol. The van der Waals surface area contributed by atoms with E-state index < -0.39 is 5.95 Å². The van der Waals surface area contributed by atoms with Crippen molar-refractivity contribution in [2.75, 3.05) is 5.32 Å². The van der Waals surface area contributed by atoms with Crippen LogP contribution < -0.4 is 5.32 Å². The molecule has 0 saturated heterocycles. The second kappa shape index (κ2) is 4.87. The molecule has 2 aliphatic rings. The molecule has 0 aromatic carbocycles.